The predicted molar refractivity (Wildman–Crippen MR) is 123 cm³/mol. The molecule has 8 nitrogen and oxygen atoms in total. The Morgan fingerprint density at radius 3 is 2.31 bits per heavy atom. The molecule has 2 aliphatic rings. The lowest BCUT2D eigenvalue weighted by Crippen LogP contribution is -2.51. The largest absolute Gasteiger partial charge is 0.465 e. The minimum absolute atomic E-state index is 0.0249. The van der Waals surface area contributed by atoms with E-state index in [9.17, 15) is 19.5 Å². The number of carbonyl (C=O) groups is 3. The van der Waals surface area contributed by atoms with Crippen molar-refractivity contribution in [2.24, 2.45) is 5.73 Å². The maximum absolute atomic E-state index is 12.8. The van der Waals surface area contributed by atoms with Gasteiger partial charge in [-0.1, -0.05) is 18.2 Å². The van der Waals surface area contributed by atoms with Crippen LogP contribution in [-0.4, -0.2) is 59.6 Å². The summed E-state index contributed by atoms with van der Waals surface area (Å²) in [5.41, 5.74) is 9.33. The summed E-state index contributed by atoms with van der Waals surface area (Å²) < 4.78 is 0. The fourth-order valence-corrected chi connectivity index (χ4v) is 4.65. The molecule has 3 amide bonds. The molecule has 0 saturated carbocycles. The SMILES string of the molecule is CC(=O)N1c2ccc(-c3ccc(C(=O)N4CCC[C@@H](N)C4)cc3)cc2N(C(=O)O)C[C@@H]1C. The number of amides is 3. The Labute approximate surface area is 187 Å². The van der Waals surface area contributed by atoms with E-state index in [1.54, 1.807) is 34.1 Å². The molecule has 2 aromatic rings. The van der Waals surface area contributed by atoms with Gasteiger partial charge in [-0.3, -0.25) is 14.5 Å². The van der Waals surface area contributed by atoms with Gasteiger partial charge in [0.2, 0.25) is 5.91 Å². The van der Waals surface area contributed by atoms with Crippen LogP contribution in [0.5, 0.6) is 0 Å². The minimum atomic E-state index is -1.06. The molecular weight excluding hydrogens is 408 g/mol. The first-order valence-electron chi connectivity index (χ1n) is 10.9. The van der Waals surface area contributed by atoms with Gasteiger partial charge in [0.15, 0.2) is 0 Å². The number of rotatable bonds is 2. The zero-order chi connectivity index (χ0) is 23.0. The third kappa shape index (κ3) is 4.05. The topological polar surface area (TPSA) is 107 Å². The van der Waals surface area contributed by atoms with Crippen molar-refractivity contribution in [2.75, 3.05) is 29.4 Å². The molecule has 4 rings (SSSR count). The number of benzene rings is 2. The van der Waals surface area contributed by atoms with E-state index < -0.39 is 6.09 Å². The van der Waals surface area contributed by atoms with Crippen LogP contribution in [-0.2, 0) is 4.79 Å². The van der Waals surface area contributed by atoms with Crippen molar-refractivity contribution in [1.82, 2.24) is 4.90 Å². The van der Waals surface area contributed by atoms with Gasteiger partial charge in [0.25, 0.3) is 5.91 Å². The summed E-state index contributed by atoms with van der Waals surface area (Å²) in [6, 6.07) is 12.5. The van der Waals surface area contributed by atoms with Gasteiger partial charge < -0.3 is 20.6 Å². The molecule has 0 unspecified atom stereocenters. The Morgan fingerprint density at radius 2 is 1.69 bits per heavy atom. The highest BCUT2D eigenvalue weighted by molar-refractivity contribution is 6.03. The van der Waals surface area contributed by atoms with E-state index in [4.69, 9.17) is 5.73 Å². The van der Waals surface area contributed by atoms with E-state index in [0.717, 1.165) is 30.5 Å². The van der Waals surface area contributed by atoms with Crippen molar-refractivity contribution in [3.63, 3.8) is 0 Å². The second-order valence-electron chi connectivity index (χ2n) is 8.57. The van der Waals surface area contributed by atoms with Crippen LogP contribution in [0.2, 0.25) is 0 Å². The lowest BCUT2D eigenvalue weighted by molar-refractivity contribution is -0.117. The summed E-state index contributed by atoms with van der Waals surface area (Å²) in [5, 5.41) is 9.70. The van der Waals surface area contributed by atoms with Crippen molar-refractivity contribution in [3.8, 4) is 11.1 Å². The van der Waals surface area contributed by atoms with E-state index >= 15 is 0 Å². The summed E-state index contributed by atoms with van der Waals surface area (Å²) in [6.07, 6.45) is 0.795. The van der Waals surface area contributed by atoms with E-state index in [0.29, 0.717) is 23.5 Å². The molecule has 3 N–H and O–H groups in total. The molecule has 1 fully saturated rings. The number of hydrogen-bond donors (Lipinski definition) is 2. The van der Waals surface area contributed by atoms with E-state index in [2.05, 4.69) is 0 Å². The molecule has 168 valence electrons. The van der Waals surface area contributed by atoms with Crippen LogP contribution < -0.4 is 15.5 Å². The van der Waals surface area contributed by atoms with Gasteiger partial charge in [-0.2, -0.15) is 0 Å². The Hall–Kier alpha value is -3.39. The summed E-state index contributed by atoms with van der Waals surface area (Å²) in [5.74, 6) is -0.155. The van der Waals surface area contributed by atoms with E-state index in [-0.39, 0.29) is 30.4 Å². The second kappa shape index (κ2) is 8.63. The summed E-state index contributed by atoms with van der Waals surface area (Å²) in [6.45, 7) is 4.81. The van der Waals surface area contributed by atoms with Gasteiger partial charge in [0, 0.05) is 38.2 Å². The highest BCUT2D eigenvalue weighted by atomic mass is 16.4. The van der Waals surface area contributed by atoms with Crippen molar-refractivity contribution in [3.05, 3.63) is 48.0 Å². The van der Waals surface area contributed by atoms with Gasteiger partial charge in [0.1, 0.15) is 0 Å². The van der Waals surface area contributed by atoms with Crippen LogP contribution in [0, 0.1) is 0 Å². The predicted octanol–water partition coefficient (Wildman–Crippen LogP) is 3.16. The van der Waals surface area contributed by atoms with Crippen molar-refractivity contribution >= 4 is 29.3 Å². The first kappa shape index (κ1) is 21.8. The molecule has 32 heavy (non-hydrogen) atoms. The van der Waals surface area contributed by atoms with Crippen LogP contribution in [0.4, 0.5) is 16.2 Å². The van der Waals surface area contributed by atoms with Crippen LogP contribution in [0.3, 0.4) is 0 Å². The average Bonchev–Trinajstić information content (AvgIpc) is 2.77. The third-order valence-electron chi connectivity index (χ3n) is 6.19. The van der Waals surface area contributed by atoms with Gasteiger partial charge in [-0.05, 0) is 55.2 Å². The average molecular weight is 437 g/mol. The van der Waals surface area contributed by atoms with E-state index in [1.807, 2.05) is 25.1 Å². The molecular formula is C24H28N4O4. The number of nitrogens with two attached hydrogens (primary N) is 1. The van der Waals surface area contributed by atoms with Gasteiger partial charge in [-0.25, -0.2) is 4.79 Å². The molecule has 0 radical (unpaired) electrons. The number of piperidine rings is 1. The zero-order valence-electron chi connectivity index (χ0n) is 18.3. The van der Waals surface area contributed by atoms with Crippen LogP contribution in [0.1, 0.15) is 37.0 Å². The molecule has 2 aromatic carbocycles. The lowest BCUT2D eigenvalue weighted by Gasteiger charge is -2.39. The maximum atomic E-state index is 12.8. The number of carbonyl (C=O) groups excluding carboxylic acids is 2. The maximum Gasteiger partial charge on any atom is 0.411 e. The lowest BCUT2D eigenvalue weighted by atomic mass is 9.99. The smallest absolute Gasteiger partial charge is 0.411 e. The van der Waals surface area contributed by atoms with Gasteiger partial charge in [0.05, 0.1) is 17.4 Å². The summed E-state index contributed by atoms with van der Waals surface area (Å²) in [7, 11) is 0. The first-order chi connectivity index (χ1) is 15.3. The van der Waals surface area contributed by atoms with Crippen LogP contribution in [0.25, 0.3) is 11.1 Å². The summed E-state index contributed by atoms with van der Waals surface area (Å²) in [4.78, 5) is 41.5. The summed E-state index contributed by atoms with van der Waals surface area (Å²) >= 11 is 0. The fourth-order valence-electron chi connectivity index (χ4n) is 4.65. The van der Waals surface area contributed by atoms with Gasteiger partial charge >= 0.3 is 6.09 Å². The first-order valence-corrected chi connectivity index (χ1v) is 10.9. The highest BCUT2D eigenvalue weighted by Gasteiger charge is 2.33. The monoisotopic (exact) mass is 436 g/mol. The van der Waals surface area contributed by atoms with Crippen LogP contribution in [0.15, 0.2) is 42.5 Å². The third-order valence-corrected chi connectivity index (χ3v) is 6.19. The second-order valence-corrected chi connectivity index (χ2v) is 8.57. The molecule has 2 atom stereocenters. The molecule has 2 aliphatic heterocycles. The van der Waals surface area contributed by atoms with Crippen molar-refractivity contribution in [1.29, 1.82) is 0 Å². The number of hydrogen-bond acceptors (Lipinski definition) is 4. The molecule has 8 heteroatoms. The molecule has 0 aromatic heterocycles. The minimum Gasteiger partial charge on any atom is -0.465 e. The van der Waals surface area contributed by atoms with Crippen molar-refractivity contribution < 1.29 is 19.5 Å². The molecule has 0 spiro atoms. The number of nitrogens with zero attached hydrogens (tertiary/aromatic N) is 3. The zero-order valence-corrected chi connectivity index (χ0v) is 18.3. The normalized spacial score (nSPS) is 20.7. The van der Waals surface area contributed by atoms with Crippen molar-refractivity contribution in [2.45, 2.75) is 38.8 Å². The Bertz CT molecular complexity index is 1050. The number of likely N-dealkylation sites (tertiary alicyclic amines) is 1. The highest BCUT2D eigenvalue weighted by Crippen LogP contribution is 2.39. The molecule has 2 heterocycles. The number of fused-ring (bicyclic) bond motifs is 1. The van der Waals surface area contributed by atoms with Gasteiger partial charge in [-0.15, -0.1) is 0 Å². The molecule has 1 saturated heterocycles. The number of anilines is 2. The Balaban J connectivity index is 1.63. The fraction of sp³-hybridized carbons (Fsp3) is 0.375. The quantitative estimate of drug-likeness (QED) is 0.752. The standard InChI is InChI=1S/C24H28N4O4/c1-15-13-27(24(31)32)22-12-19(9-10-21(22)28(15)16(2)29)17-5-7-18(8-6-17)23(30)26-11-3-4-20(25)14-26/h5-10,12,15,20H,3-4,11,13-14,25H2,1-2H3,(H,31,32)/t15-,20+/m0/s1. The number of carboxylic acid groups (broad SMARTS) is 1. The van der Waals surface area contributed by atoms with E-state index in [1.165, 1.54) is 11.8 Å². The molecule has 0 aliphatic carbocycles. The van der Waals surface area contributed by atoms with Crippen LogP contribution >= 0.6 is 0 Å². The molecule has 0 bridgehead atoms. The Kier molecular flexibility index (Phi) is 5.88. The Morgan fingerprint density at radius 1 is 1.00 bits per heavy atom.